The quantitative estimate of drug-likeness (QED) is 0.827. The molecular weight excluding hydrogens is 268 g/mol. The number of carbonyl (C=O) groups excluding carboxylic acids is 1. The first kappa shape index (κ1) is 14.8. The molecule has 2 rings (SSSR count). The van der Waals surface area contributed by atoms with E-state index in [2.05, 4.69) is 10.3 Å². The summed E-state index contributed by atoms with van der Waals surface area (Å²) in [5, 5.41) is 2.77. The monoisotopic (exact) mass is 286 g/mol. The molecule has 2 aromatic rings. The molecule has 0 bridgehead atoms. The molecule has 1 N–H and O–H groups in total. The fourth-order valence-corrected chi connectivity index (χ4v) is 1.71. The molecule has 1 heterocycles. The van der Waals surface area contributed by atoms with Crippen molar-refractivity contribution in [3.63, 3.8) is 0 Å². The molecular formula is C16H18N2O3. The second kappa shape index (κ2) is 7.28. The highest BCUT2D eigenvalue weighted by molar-refractivity contribution is 5.93. The van der Waals surface area contributed by atoms with Crippen LogP contribution in [-0.4, -0.2) is 31.2 Å². The maximum absolute atomic E-state index is 11.9. The van der Waals surface area contributed by atoms with Crippen LogP contribution in [-0.2, 0) is 0 Å². The summed E-state index contributed by atoms with van der Waals surface area (Å²) in [7, 11) is 1.53. The Morgan fingerprint density at radius 3 is 2.57 bits per heavy atom. The zero-order chi connectivity index (χ0) is 15.1. The Kier molecular flexibility index (Phi) is 5.15. The molecule has 0 fully saturated rings. The third-order valence-corrected chi connectivity index (χ3v) is 2.89. The second-order valence-electron chi connectivity index (χ2n) is 4.51. The number of hydrogen-bond donors (Lipinski definition) is 1. The Balaban J connectivity index is 1.74. The predicted molar refractivity (Wildman–Crippen MR) is 79.8 cm³/mol. The number of pyridine rings is 1. The largest absolute Gasteiger partial charge is 0.492 e. The lowest BCUT2D eigenvalue weighted by Crippen LogP contribution is -2.28. The summed E-state index contributed by atoms with van der Waals surface area (Å²) in [6, 6.07) is 11.1. The Morgan fingerprint density at radius 2 is 1.95 bits per heavy atom. The van der Waals surface area contributed by atoms with Crippen LogP contribution >= 0.6 is 0 Å². The van der Waals surface area contributed by atoms with E-state index in [0.717, 1.165) is 5.75 Å². The van der Waals surface area contributed by atoms with E-state index >= 15 is 0 Å². The van der Waals surface area contributed by atoms with Crippen molar-refractivity contribution in [1.82, 2.24) is 10.3 Å². The summed E-state index contributed by atoms with van der Waals surface area (Å²) >= 11 is 0. The molecule has 0 spiro atoms. The summed E-state index contributed by atoms with van der Waals surface area (Å²) in [6.07, 6.45) is 1.48. The number of rotatable bonds is 6. The number of methoxy groups -OCH3 is 1. The molecule has 21 heavy (non-hydrogen) atoms. The molecule has 5 heteroatoms. The average molecular weight is 286 g/mol. The van der Waals surface area contributed by atoms with Gasteiger partial charge in [0.15, 0.2) is 0 Å². The van der Waals surface area contributed by atoms with Gasteiger partial charge < -0.3 is 14.8 Å². The van der Waals surface area contributed by atoms with Gasteiger partial charge in [-0.3, -0.25) is 4.79 Å². The molecule has 0 atom stereocenters. The number of benzene rings is 1. The van der Waals surface area contributed by atoms with E-state index in [1.807, 2.05) is 31.2 Å². The summed E-state index contributed by atoms with van der Waals surface area (Å²) in [4.78, 5) is 15.8. The molecule has 0 aliphatic rings. The lowest BCUT2D eigenvalue weighted by Gasteiger charge is -2.08. The van der Waals surface area contributed by atoms with Crippen LogP contribution in [0.15, 0.2) is 42.6 Å². The highest BCUT2D eigenvalue weighted by Gasteiger charge is 2.05. The molecule has 0 aliphatic carbocycles. The van der Waals surface area contributed by atoms with Gasteiger partial charge in [-0.25, -0.2) is 4.98 Å². The molecule has 1 amide bonds. The van der Waals surface area contributed by atoms with Gasteiger partial charge in [-0.1, -0.05) is 17.7 Å². The van der Waals surface area contributed by atoms with E-state index in [4.69, 9.17) is 9.47 Å². The first-order valence-electron chi connectivity index (χ1n) is 6.67. The van der Waals surface area contributed by atoms with Gasteiger partial charge in [-0.2, -0.15) is 0 Å². The average Bonchev–Trinajstić information content (AvgIpc) is 2.53. The van der Waals surface area contributed by atoms with Crippen LogP contribution in [0, 0.1) is 6.92 Å². The fraction of sp³-hybridized carbons (Fsp3) is 0.250. The fourth-order valence-electron chi connectivity index (χ4n) is 1.71. The van der Waals surface area contributed by atoms with Crippen molar-refractivity contribution in [2.24, 2.45) is 0 Å². The minimum Gasteiger partial charge on any atom is -0.492 e. The second-order valence-corrected chi connectivity index (χ2v) is 4.51. The zero-order valence-corrected chi connectivity index (χ0v) is 12.1. The minimum atomic E-state index is -0.183. The SMILES string of the molecule is COc1ccc(C(=O)NCCOc2ccc(C)cc2)cn1. The Labute approximate surface area is 123 Å². The molecule has 1 aromatic carbocycles. The maximum atomic E-state index is 11.9. The van der Waals surface area contributed by atoms with Gasteiger partial charge >= 0.3 is 0 Å². The number of aromatic nitrogens is 1. The van der Waals surface area contributed by atoms with E-state index in [1.165, 1.54) is 18.9 Å². The number of nitrogens with zero attached hydrogens (tertiary/aromatic N) is 1. The summed E-state index contributed by atoms with van der Waals surface area (Å²) < 4.78 is 10.5. The van der Waals surface area contributed by atoms with E-state index in [1.54, 1.807) is 12.1 Å². The van der Waals surface area contributed by atoms with E-state index in [-0.39, 0.29) is 5.91 Å². The molecule has 0 saturated heterocycles. The molecule has 1 aromatic heterocycles. The van der Waals surface area contributed by atoms with Crippen LogP contribution in [0.2, 0.25) is 0 Å². The van der Waals surface area contributed by atoms with Crippen LogP contribution in [0.4, 0.5) is 0 Å². The van der Waals surface area contributed by atoms with Gasteiger partial charge in [-0.15, -0.1) is 0 Å². The van der Waals surface area contributed by atoms with Crippen molar-refractivity contribution < 1.29 is 14.3 Å². The minimum absolute atomic E-state index is 0.183. The number of aryl methyl sites for hydroxylation is 1. The smallest absolute Gasteiger partial charge is 0.252 e. The van der Waals surface area contributed by atoms with Crippen molar-refractivity contribution in [3.05, 3.63) is 53.7 Å². The summed E-state index contributed by atoms with van der Waals surface area (Å²) in [5.74, 6) is 1.09. The van der Waals surface area contributed by atoms with Gasteiger partial charge in [0.05, 0.1) is 19.2 Å². The normalized spacial score (nSPS) is 10.0. The third-order valence-electron chi connectivity index (χ3n) is 2.89. The third kappa shape index (κ3) is 4.49. The van der Waals surface area contributed by atoms with E-state index < -0.39 is 0 Å². The number of amides is 1. The van der Waals surface area contributed by atoms with Gasteiger partial charge in [-0.05, 0) is 25.1 Å². The van der Waals surface area contributed by atoms with Crippen molar-refractivity contribution in [3.8, 4) is 11.6 Å². The number of hydrogen-bond acceptors (Lipinski definition) is 4. The number of nitrogens with one attached hydrogen (secondary N) is 1. The van der Waals surface area contributed by atoms with Crippen LogP contribution in [0.25, 0.3) is 0 Å². The highest BCUT2D eigenvalue weighted by Crippen LogP contribution is 2.11. The molecule has 5 nitrogen and oxygen atoms in total. The topological polar surface area (TPSA) is 60.5 Å². The van der Waals surface area contributed by atoms with Crippen molar-refractivity contribution in [2.45, 2.75) is 6.92 Å². The van der Waals surface area contributed by atoms with Crippen molar-refractivity contribution >= 4 is 5.91 Å². The number of ether oxygens (including phenoxy) is 2. The van der Waals surface area contributed by atoms with Gasteiger partial charge in [0.2, 0.25) is 5.88 Å². The van der Waals surface area contributed by atoms with Crippen molar-refractivity contribution in [2.75, 3.05) is 20.3 Å². The van der Waals surface area contributed by atoms with E-state index in [0.29, 0.717) is 24.6 Å². The highest BCUT2D eigenvalue weighted by atomic mass is 16.5. The van der Waals surface area contributed by atoms with Crippen LogP contribution in [0.3, 0.4) is 0 Å². The molecule has 0 radical (unpaired) electrons. The van der Waals surface area contributed by atoms with Gasteiger partial charge in [0, 0.05) is 12.3 Å². The molecule has 0 aliphatic heterocycles. The first-order valence-corrected chi connectivity index (χ1v) is 6.67. The Hall–Kier alpha value is -2.56. The first-order chi connectivity index (χ1) is 10.2. The Morgan fingerprint density at radius 1 is 1.19 bits per heavy atom. The summed E-state index contributed by atoms with van der Waals surface area (Å²) in [5.41, 5.74) is 1.67. The van der Waals surface area contributed by atoms with Gasteiger partial charge in [0.25, 0.3) is 5.91 Å². The summed E-state index contributed by atoms with van der Waals surface area (Å²) in [6.45, 7) is 2.87. The van der Waals surface area contributed by atoms with Crippen LogP contribution in [0.5, 0.6) is 11.6 Å². The standard InChI is InChI=1S/C16H18N2O3/c1-12-3-6-14(7-4-12)21-10-9-17-16(19)13-5-8-15(20-2)18-11-13/h3-8,11H,9-10H2,1-2H3,(H,17,19). The van der Waals surface area contributed by atoms with Crippen LogP contribution in [0.1, 0.15) is 15.9 Å². The molecule has 0 saturated carbocycles. The Bertz CT molecular complexity index is 579. The predicted octanol–water partition coefficient (Wildman–Crippen LogP) is 2.21. The van der Waals surface area contributed by atoms with Crippen molar-refractivity contribution in [1.29, 1.82) is 0 Å². The maximum Gasteiger partial charge on any atom is 0.252 e. The number of carbonyl (C=O) groups is 1. The van der Waals surface area contributed by atoms with Crippen LogP contribution < -0.4 is 14.8 Å². The lowest BCUT2D eigenvalue weighted by molar-refractivity contribution is 0.0946. The lowest BCUT2D eigenvalue weighted by atomic mass is 10.2. The zero-order valence-electron chi connectivity index (χ0n) is 12.1. The molecule has 0 unspecified atom stereocenters. The molecule has 110 valence electrons. The van der Waals surface area contributed by atoms with E-state index in [9.17, 15) is 4.79 Å². The van der Waals surface area contributed by atoms with Gasteiger partial charge in [0.1, 0.15) is 12.4 Å².